The van der Waals surface area contributed by atoms with Gasteiger partial charge >= 0.3 is 0 Å². The number of hydrogen-bond donors (Lipinski definition) is 1. The topological polar surface area (TPSA) is 63.4 Å². The van der Waals surface area contributed by atoms with E-state index in [1.807, 2.05) is 26.0 Å². The van der Waals surface area contributed by atoms with Gasteiger partial charge < -0.3 is 10.6 Å². The second-order valence-electron chi connectivity index (χ2n) is 4.75. The van der Waals surface area contributed by atoms with E-state index in [2.05, 4.69) is 4.90 Å². The van der Waals surface area contributed by atoms with E-state index < -0.39 is 9.84 Å². The SMILES string of the molecule is CCc1ccc2c(c1)S(=O)(=O)CCN2C(C)CN. The number of nitrogens with two attached hydrogens (primary N) is 1. The van der Waals surface area contributed by atoms with Gasteiger partial charge in [0.25, 0.3) is 0 Å². The van der Waals surface area contributed by atoms with Crippen LogP contribution in [0.3, 0.4) is 0 Å². The van der Waals surface area contributed by atoms with Crippen LogP contribution in [0.15, 0.2) is 23.1 Å². The minimum atomic E-state index is -3.13. The summed E-state index contributed by atoms with van der Waals surface area (Å²) in [6, 6.07) is 5.87. The number of rotatable bonds is 3. The Balaban J connectivity index is 2.54. The first-order valence-electron chi connectivity index (χ1n) is 6.32. The molecule has 1 aromatic rings. The maximum absolute atomic E-state index is 12.1. The van der Waals surface area contributed by atoms with Crippen molar-refractivity contribution in [3.63, 3.8) is 0 Å². The molecule has 0 amide bonds. The number of benzene rings is 1. The summed E-state index contributed by atoms with van der Waals surface area (Å²) in [6.07, 6.45) is 0.843. The molecule has 0 spiro atoms. The molecular formula is C13H20N2O2S. The van der Waals surface area contributed by atoms with Gasteiger partial charge in [-0.15, -0.1) is 0 Å². The number of anilines is 1. The number of nitrogens with zero attached hydrogens (tertiary/aromatic N) is 1. The molecule has 0 aromatic heterocycles. The van der Waals surface area contributed by atoms with Crippen LogP contribution in [0.25, 0.3) is 0 Å². The van der Waals surface area contributed by atoms with Crippen LogP contribution in [-0.2, 0) is 16.3 Å². The Morgan fingerprint density at radius 2 is 2.17 bits per heavy atom. The summed E-state index contributed by atoms with van der Waals surface area (Å²) in [4.78, 5) is 2.56. The maximum atomic E-state index is 12.1. The van der Waals surface area contributed by atoms with Crippen LogP contribution in [0, 0.1) is 0 Å². The summed E-state index contributed by atoms with van der Waals surface area (Å²) >= 11 is 0. The van der Waals surface area contributed by atoms with Gasteiger partial charge in [0.1, 0.15) is 0 Å². The minimum Gasteiger partial charge on any atom is -0.365 e. The van der Waals surface area contributed by atoms with Crippen LogP contribution in [0.1, 0.15) is 19.4 Å². The Hall–Kier alpha value is -1.07. The van der Waals surface area contributed by atoms with Crippen molar-refractivity contribution in [2.45, 2.75) is 31.2 Å². The lowest BCUT2D eigenvalue weighted by molar-refractivity contribution is 0.579. The van der Waals surface area contributed by atoms with E-state index >= 15 is 0 Å². The van der Waals surface area contributed by atoms with E-state index in [9.17, 15) is 8.42 Å². The molecule has 2 rings (SSSR count). The number of fused-ring (bicyclic) bond motifs is 1. The highest BCUT2D eigenvalue weighted by molar-refractivity contribution is 7.91. The maximum Gasteiger partial charge on any atom is 0.182 e. The van der Waals surface area contributed by atoms with Crippen molar-refractivity contribution in [1.29, 1.82) is 0 Å². The molecule has 1 heterocycles. The second-order valence-corrected chi connectivity index (χ2v) is 6.83. The van der Waals surface area contributed by atoms with E-state index in [0.29, 0.717) is 18.0 Å². The number of aryl methyl sites for hydroxylation is 1. The Bertz CT molecular complexity index is 540. The standard InChI is InChI=1S/C13H20N2O2S/c1-3-11-4-5-12-13(8-11)18(16,17)7-6-15(12)10(2)9-14/h4-5,8,10H,3,6-7,9,14H2,1-2H3. The van der Waals surface area contributed by atoms with E-state index in [1.165, 1.54) is 0 Å². The zero-order valence-electron chi connectivity index (χ0n) is 10.9. The summed E-state index contributed by atoms with van der Waals surface area (Å²) in [5.41, 5.74) is 7.55. The highest BCUT2D eigenvalue weighted by atomic mass is 32.2. The molecule has 0 aliphatic carbocycles. The summed E-state index contributed by atoms with van der Waals surface area (Å²) < 4.78 is 24.3. The summed E-state index contributed by atoms with van der Waals surface area (Å²) in [5, 5.41) is 0. The van der Waals surface area contributed by atoms with Gasteiger partial charge in [0, 0.05) is 19.1 Å². The first-order valence-corrected chi connectivity index (χ1v) is 7.97. The first-order chi connectivity index (χ1) is 8.49. The molecule has 18 heavy (non-hydrogen) atoms. The summed E-state index contributed by atoms with van der Waals surface area (Å²) in [6.45, 7) is 5.10. The third-order valence-corrected chi connectivity index (χ3v) is 5.27. The number of sulfone groups is 1. The van der Waals surface area contributed by atoms with E-state index in [-0.39, 0.29) is 11.8 Å². The third kappa shape index (κ3) is 2.24. The van der Waals surface area contributed by atoms with Crippen LogP contribution in [0.5, 0.6) is 0 Å². The molecule has 1 aromatic carbocycles. The fourth-order valence-corrected chi connectivity index (χ4v) is 3.79. The van der Waals surface area contributed by atoms with Gasteiger partial charge in [-0.05, 0) is 31.0 Å². The van der Waals surface area contributed by atoms with Crippen LogP contribution in [0.2, 0.25) is 0 Å². The molecule has 1 aliphatic heterocycles. The third-order valence-electron chi connectivity index (χ3n) is 3.55. The van der Waals surface area contributed by atoms with Gasteiger partial charge in [-0.2, -0.15) is 0 Å². The highest BCUT2D eigenvalue weighted by Gasteiger charge is 2.30. The van der Waals surface area contributed by atoms with Gasteiger partial charge in [0.05, 0.1) is 16.3 Å². The van der Waals surface area contributed by atoms with E-state index in [4.69, 9.17) is 5.73 Å². The summed E-state index contributed by atoms with van der Waals surface area (Å²) in [5.74, 6) is 0.178. The largest absolute Gasteiger partial charge is 0.365 e. The zero-order chi connectivity index (χ0) is 13.3. The van der Waals surface area contributed by atoms with Gasteiger partial charge in [0.15, 0.2) is 9.84 Å². The molecule has 100 valence electrons. The molecule has 0 radical (unpaired) electrons. The van der Waals surface area contributed by atoms with Crippen LogP contribution < -0.4 is 10.6 Å². The molecule has 4 nitrogen and oxygen atoms in total. The molecule has 2 N–H and O–H groups in total. The van der Waals surface area contributed by atoms with E-state index in [1.54, 1.807) is 6.07 Å². The fraction of sp³-hybridized carbons (Fsp3) is 0.538. The molecule has 0 saturated carbocycles. The Labute approximate surface area is 109 Å². The predicted molar refractivity (Wildman–Crippen MR) is 73.7 cm³/mol. The van der Waals surface area contributed by atoms with Crippen LogP contribution >= 0.6 is 0 Å². The fourth-order valence-electron chi connectivity index (χ4n) is 2.30. The smallest absolute Gasteiger partial charge is 0.182 e. The Morgan fingerprint density at radius 3 is 2.78 bits per heavy atom. The quantitative estimate of drug-likeness (QED) is 0.894. The van der Waals surface area contributed by atoms with Crippen molar-refractivity contribution in [1.82, 2.24) is 0 Å². The molecule has 0 bridgehead atoms. The van der Waals surface area contributed by atoms with Gasteiger partial charge in [-0.25, -0.2) is 8.42 Å². The van der Waals surface area contributed by atoms with Gasteiger partial charge in [-0.1, -0.05) is 13.0 Å². The van der Waals surface area contributed by atoms with Crippen LogP contribution in [-0.4, -0.2) is 33.3 Å². The lowest BCUT2D eigenvalue weighted by Crippen LogP contribution is -2.44. The lowest BCUT2D eigenvalue weighted by Gasteiger charge is -2.35. The average Bonchev–Trinajstić information content (AvgIpc) is 2.38. The Kier molecular flexibility index (Phi) is 3.64. The molecule has 1 aliphatic rings. The van der Waals surface area contributed by atoms with Crippen molar-refractivity contribution in [2.24, 2.45) is 5.73 Å². The Morgan fingerprint density at radius 1 is 1.44 bits per heavy atom. The van der Waals surface area contributed by atoms with Crippen molar-refractivity contribution < 1.29 is 8.42 Å². The minimum absolute atomic E-state index is 0.159. The van der Waals surface area contributed by atoms with Crippen molar-refractivity contribution >= 4 is 15.5 Å². The number of hydrogen-bond acceptors (Lipinski definition) is 4. The van der Waals surface area contributed by atoms with Crippen molar-refractivity contribution in [3.05, 3.63) is 23.8 Å². The first kappa shape index (κ1) is 13.4. The van der Waals surface area contributed by atoms with E-state index in [0.717, 1.165) is 17.7 Å². The zero-order valence-corrected chi connectivity index (χ0v) is 11.7. The highest BCUT2D eigenvalue weighted by Crippen LogP contribution is 2.32. The van der Waals surface area contributed by atoms with Gasteiger partial charge in [-0.3, -0.25) is 0 Å². The normalized spacial score (nSPS) is 19.4. The molecule has 0 fully saturated rings. The monoisotopic (exact) mass is 268 g/mol. The molecular weight excluding hydrogens is 248 g/mol. The lowest BCUT2D eigenvalue weighted by atomic mass is 10.1. The summed E-state index contributed by atoms with van der Waals surface area (Å²) in [7, 11) is -3.13. The molecule has 5 heteroatoms. The molecule has 1 atom stereocenters. The predicted octanol–water partition coefficient (Wildman–Crippen LogP) is 1.19. The average molecular weight is 268 g/mol. The molecule has 0 saturated heterocycles. The van der Waals surface area contributed by atoms with Crippen LogP contribution in [0.4, 0.5) is 5.69 Å². The van der Waals surface area contributed by atoms with Crippen molar-refractivity contribution in [3.8, 4) is 0 Å². The van der Waals surface area contributed by atoms with Gasteiger partial charge in [0.2, 0.25) is 0 Å². The second kappa shape index (κ2) is 4.90. The van der Waals surface area contributed by atoms with Crippen molar-refractivity contribution in [2.75, 3.05) is 23.7 Å². The molecule has 1 unspecified atom stereocenters.